The number of nitrogens with one attached hydrogen (secondary N) is 1. The molecule has 3 rings (SSSR count). The van der Waals surface area contributed by atoms with Crippen LogP contribution in [0.3, 0.4) is 0 Å². The van der Waals surface area contributed by atoms with Crippen LogP contribution in [0, 0.1) is 0 Å². The van der Waals surface area contributed by atoms with Crippen molar-refractivity contribution in [1.29, 1.82) is 0 Å². The van der Waals surface area contributed by atoms with Crippen LogP contribution in [-0.2, 0) is 14.8 Å². The molecule has 2 aromatic carbocycles. The minimum Gasteiger partial charge on any atom is -0.326 e. The molecule has 1 amide bonds. The monoisotopic (exact) mass is 415 g/mol. The first-order valence-corrected chi connectivity index (χ1v) is 11.5. The standard InChI is InChI=1S/C22H29N3O3S/c1-3-21(18-8-5-4-6-9-18)22(26)23-19-10-12-20(13-11-19)29(27,28)25-15-7-14-24(2)16-17-25/h4-6,8-13,21H,3,7,14-17H2,1-2H3,(H,23,26). The lowest BCUT2D eigenvalue weighted by molar-refractivity contribution is -0.117. The van der Waals surface area contributed by atoms with Gasteiger partial charge in [-0.15, -0.1) is 0 Å². The van der Waals surface area contributed by atoms with E-state index in [1.807, 2.05) is 44.3 Å². The van der Waals surface area contributed by atoms with Gasteiger partial charge in [0.15, 0.2) is 0 Å². The Morgan fingerprint density at radius 1 is 1.00 bits per heavy atom. The molecule has 1 saturated heterocycles. The fraction of sp³-hybridized carbons (Fsp3) is 0.409. The van der Waals surface area contributed by atoms with Gasteiger partial charge >= 0.3 is 0 Å². The van der Waals surface area contributed by atoms with Crippen molar-refractivity contribution in [3.05, 3.63) is 60.2 Å². The minimum atomic E-state index is -3.52. The van der Waals surface area contributed by atoms with Crippen LogP contribution in [0.5, 0.6) is 0 Å². The van der Waals surface area contributed by atoms with E-state index in [0.29, 0.717) is 25.2 Å². The first kappa shape index (κ1) is 21.5. The van der Waals surface area contributed by atoms with E-state index in [9.17, 15) is 13.2 Å². The normalized spacial score (nSPS) is 17.4. The average molecular weight is 416 g/mol. The van der Waals surface area contributed by atoms with Crippen LogP contribution in [0.15, 0.2) is 59.5 Å². The highest BCUT2D eigenvalue weighted by molar-refractivity contribution is 7.89. The second-order valence-corrected chi connectivity index (χ2v) is 9.38. The van der Waals surface area contributed by atoms with E-state index in [0.717, 1.165) is 25.1 Å². The molecule has 0 saturated carbocycles. The predicted molar refractivity (Wildman–Crippen MR) is 115 cm³/mol. The number of anilines is 1. The van der Waals surface area contributed by atoms with Gasteiger partial charge in [0.05, 0.1) is 10.8 Å². The van der Waals surface area contributed by atoms with E-state index >= 15 is 0 Å². The molecule has 1 N–H and O–H groups in total. The van der Waals surface area contributed by atoms with E-state index < -0.39 is 10.0 Å². The van der Waals surface area contributed by atoms with Gasteiger partial charge in [-0.2, -0.15) is 4.31 Å². The third kappa shape index (κ3) is 5.23. The summed E-state index contributed by atoms with van der Waals surface area (Å²) in [6, 6.07) is 16.1. The molecule has 0 spiro atoms. The third-order valence-electron chi connectivity index (χ3n) is 5.36. The van der Waals surface area contributed by atoms with Crippen molar-refractivity contribution in [1.82, 2.24) is 9.21 Å². The molecule has 0 aliphatic carbocycles. The van der Waals surface area contributed by atoms with Gasteiger partial charge in [-0.25, -0.2) is 8.42 Å². The van der Waals surface area contributed by atoms with E-state index in [4.69, 9.17) is 0 Å². The Morgan fingerprint density at radius 2 is 1.69 bits per heavy atom. The van der Waals surface area contributed by atoms with Crippen LogP contribution in [-0.4, -0.2) is 56.8 Å². The summed E-state index contributed by atoms with van der Waals surface area (Å²) >= 11 is 0. The van der Waals surface area contributed by atoms with Crippen molar-refractivity contribution in [3.63, 3.8) is 0 Å². The maximum atomic E-state index is 12.9. The SMILES string of the molecule is CCC(C(=O)Nc1ccc(S(=O)(=O)N2CCCN(C)CC2)cc1)c1ccccc1. The largest absolute Gasteiger partial charge is 0.326 e. The summed E-state index contributed by atoms with van der Waals surface area (Å²) in [5.74, 6) is -0.335. The molecular formula is C22H29N3O3S. The van der Waals surface area contributed by atoms with Crippen LogP contribution in [0.25, 0.3) is 0 Å². The maximum absolute atomic E-state index is 12.9. The molecule has 1 fully saturated rings. The molecule has 1 unspecified atom stereocenters. The third-order valence-corrected chi connectivity index (χ3v) is 7.28. The fourth-order valence-electron chi connectivity index (χ4n) is 3.61. The molecule has 0 bridgehead atoms. The molecule has 1 heterocycles. The van der Waals surface area contributed by atoms with Crippen LogP contribution in [0.4, 0.5) is 5.69 Å². The van der Waals surface area contributed by atoms with Crippen molar-refractivity contribution in [2.45, 2.75) is 30.6 Å². The minimum absolute atomic E-state index is 0.0927. The smallest absolute Gasteiger partial charge is 0.243 e. The summed E-state index contributed by atoms with van der Waals surface area (Å²) in [6.07, 6.45) is 1.51. The van der Waals surface area contributed by atoms with Gasteiger partial charge < -0.3 is 10.2 Å². The Hall–Kier alpha value is -2.22. The van der Waals surface area contributed by atoms with E-state index in [1.54, 1.807) is 28.6 Å². The quantitative estimate of drug-likeness (QED) is 0.787. The number of hydrogen-bond donors (Lipinski definition) is 1. The summed E-state index contributed by atoms with van der Waals surface area (Å²) in [7, 11) is -1.52. The van der Waals surface area contributed by atoms with Gasteiger partial charge in [0.1, 0.15) is 0 Å². The lowest BCUT2D eigenvalue weighted by atomic mass is 9.95. The van der Waals surface area contributed by atoms with Gasteiger partial charge in [-0.3, -0.25) is 4.79 Å². The number of rotatable bonds is 6. The average Bonchev–Trinajstić information content (AvgIpc) is 2.95. The molecule has 6 nitrogen and oxygen atoms in total. The summed E-state index contributed by atoms with van der Waals surface area (Å²) < 4.78 is 27.4. The molecular weight excluding hydrogens is 386 g/mol. The Kier molecular flexibility index (Phi) is 7.05. The Morgan fingerprint density at radius 3 is 2.34 bits per heavy atom. The topological polar surface area (TPSA) is 69.7 Å². The van der Waals surface area contributed by atoms with E-state index in [-0.39, 0.29) is 16.7 Å². The molecule has 156 valence electrons. The number of likely N-dealkylation sites (N-methyl/N-ethyl adjacent to an activating group) is 1. The number of sulfonamides is 1. The molecule has 1 atom stereocenters. The second kappa shape index (κ2) is 9.52. The van der Waals surface area contributed by atoms with Crippen molar-refractivity contribution < 1.29 is 13.2 Å². The molecule has 1 aliphatic rings. The summed E-state index contributed by atoms with van der Waals surface area (Å²) in [5.41, 5.74) is 1.57. The zero-order chi connectivity index (χ0) is 20.9. The molecule has 29 heavy (non-hydrogen) atoms. The second-order valence-electron chi connectivity index (χ2n) is 7.45. The Bertz CT molecular complexity index is 914. The summed E-state index contributed by atoms with van der Waals surface area (Å²) in [5, 5.41) is 2.91. The molecule has 0 radical (unpaired) electrons. The van der Waals surface area contributed by atoms with Gasteiger partial charge in [0, 0.05) is 25.3 Å². The highest BCUT2D eigenvalue weighted by Crippen LogP contribution is 2.23. The Labute approximate surface area is 173 Å². The lowest BCUT2D eigenvalue weighted by Gasteiger charge is -2.20. The summed E-state index contributed by atoms with van der Waals surface area (Å²) in [4.78, 5) is 15.1. The van der Waals surface area contributed by atoms with Gasteiger partial charge in [-0.05, 0) is 56.3 Å². The van der Waals surface area contributed by atoms with Crippen LogP contribution in [0.2, 0.25) is 0 Å². The molecule has 0 aromatic heterocycles. The zero-order valence-corrected chi connectivity index (χ0v) is 17.9. The van der Waals surface area contributed by atoms with E-state index in [2.05, 4.69) is 10.2 Å². The van der Waals surface area contributed by atoms with Crippen molar-refractivity contribution in [3.8, 4) is 0 Å². The lowest BCUT2D eigenvalue weighted by Crippen LogP contribution is -2.34. The first-order valence-electron chi connectivity index (χ1n) is 10.1. The number of carbonyl (C=O) groups is 1. The predicted octanol–water partition coefficient (Wildman–Crippen LogP) is 3.15. The molecule has 7 heteroatoms. The van der Waals surface area contributed by atoms with Crippen molar-refractivity contribution in [2.75, 3.05) is 38.5 Å². The maximum Gasteiger partial charge on any atom is 0.243 e. The van der Waals surface area contributed by atoms with Crippen LogP contribution < -0.4 is 5.32 Å². The molecule has 2 aromatic rings. The summed E-state index contributed by atoms with van der Waals surface area (Å²) in [6.45, 7) is 4.63. The number of amides is 1. The highest BCUT2D eigenvalue weighted by atomic mass is 32.2. The van der Waals surface area contributed by atoms with E-state index in [1.165, 1.54) is 0 Å². The van der Waals surface area contributed by atoms with Crippen LogP contribution >= 0.6 is 0 Å². The highest BCUT2D eigenvalue weighted by Gasteiger charge is 2.26. The fourth-order valence-corrected chi connectivity index (χ4v) is 5.08. The molecule has 1 aliphatic heterocycles. The van der Waals surface area contributed by atoms with Crippen molar-refractivity contribution >= 4 is 21.6 Å². The zero-order valence-electron chi connectivity index (χ0n) is 17.0. The Balaban J connectivity index is 1.70. The first-order chi connectivity index (χ1) is 13.9. The number of benzene rings is 2. The number of carbonyl (C=O) groups excluding carboxylic acids is 1. The van der Waals surface area contributed by atoms with Gasteiger partial charge in [0.25, 0.3) is 0 Å². The van der Waals surface area contributed by atoms with Crippen LogP contribution in [0.1, 0.15) is 31.2 Å². The van der Waals surface area contributed by atoms with Gasteiger partial charge in [-0.1, -0.05) is 37.3 Å². The van der Waals surface area contributed by atoms with Gasteiger partial charge in [0.2, 0.25) is 15.9 Å². The number of hydrogen-bond acceptors (Lipinski definition) is 4. The van der Waals surface area contributed by atoms with Crippen molar-refractivity contribution in [2.24, 2.45) is 0 Å². The number of nitrogens with zero attached hydrogens (tertiary/aromatic N) is 2.